The van der Waals surface area contributed by atoms with Gasteiger partial charge >= 0.3 is 12.1 Å². The first kappa shape index (κ1) is 48.1. The Morgan fingerprint density at radius 3 is 2.44 bits per heavy atom. The molecule has 0 aliphatic carbocycles. The second kappa shape index (κ2) is 19.0. The number of anilines is 1. The molecular weight excluding hydrogens is 845 g/mol. The van der Waals surface area contributed by atoms with Crippen LogP contribution in [-0.2, 0) is 41.5 Å². The number of aryl methyl sites for hydroxylation is 1. The summed E-state index contributed by atoms with van der Waals surface area (Å²) in [5.41, 5.74) is 9.07. The van der Waals surface area contributed by atoms with Gasteiger partial charge in [-0.1, -0.05) is 13.8 Å². The lowest BCUT2D eigenvalue weighted by Crippen LogP contribution is -2.76. The molecular formula is C49H72N8O9. The number of nitrogens with zero attached hydrogens (tertiary/aromatic N) is 6. The Hall–Kier alpha value is -4.36. The maximum Gasteiger partial charge on any atom is 0.408 e. The number of likely N-dealkylation sites (N-methyl/N-ethyl adjacent to an activating group) is 1. The van der Waals surface area contributed by atoms with Crippen molar-refractivity contribution in [1.82, 2.24) is 35.1 Å². The van der Waals surface area contributed by atoms with Gasteiger partial charge in [0.15, 0.2) is 0 Å². The first-order valence-corrected chi connectivity index (χ1v) is 23.8. The molecule has 362 valence electrons. The molecule has 0 radical (unpaired) electrons. The van der Waals surface area contributed by atoms with Crippen molar-refractivity contribution in [2.45, 2.75) is 116 Å². The maximum atomic E-state index is 14.8. The summed E-state index contributed by atoms with van der Waals surface area (Å²) in [4.78, 5) is 52.5. The first-order valence-electron chi connectivity index (χ1n) is 23.8. The Kier molecular flexibility index (Phi) is 13.8. The zero-order valence-electron chi connectivity index (χ0n) is 40.4. The summed E-state index contributed by atoms with van der Waals surface area (Å²) in [6.07, 6.45) is 1.96. The van der Waals surface area contributed by atoms with E-state index in [-0.39, 0.29) is 24.7 Å². The number of aromatic nitrogens is 2. The number of rotatable bonds is 15. The Labute approximate surface area is 389 Å². The van der Waals surface area contributed by atoms with Crippen LogP contribution in [0.3, 0.4) is 0 Å². The Balaban J connectivity index is 1.19. The minimum Gasteiger partial charge on any atom is -0.480 e. The minimum absolute atomic E-state index is 0.0104. The maximum absolute atomic E-state index is 14.8. The van der Waals surface area contributed by atoms with Gasteiger partial charge in [0.1, 0.15) is 17.7 Å². The van der Waals surface area contributed by atoms with Crippen LogP contribution in [-0.4, -0.2) is 169 Å². The summed E-state index contributed by atoms with van der Waals surface area (Å²) in [5.74, 6) is -1.09. The van der Waals surface area contributed by atoms with Gasteiger partial charge in [-0.15, -0.1) is 0 Å². The number of carboxylic acids is 1. The van der Waals surface area contributed by atoms with Crippen molar-refractivity contribution in [2.24, 2.45) is 10.8 Å². The molecule has 2 amide bonds. The molecule has 8 rings (SSSR count). The summed E-state index contributed by atoms with van der Waals surface area (Å²) < 4.78 is 26.4. The molecule has 0 unspecified atom stereocenters. The van der Waals surface area contributed by atoms with Crippen LogP contribution in [0, 0.1) is 10.8 Å². The molecule has 5 saturated heterocycles. The van der Waals surface area contributed by atoms with Crippen LogP contribution in [0.4, 0.5) is 10.5 Å². The molecule has 0 bridgehead atoms. The predicted octanol–water partition coefficient (Wildman–Crippen LogP) is 4.40. The van der Waals surface area contributed by atoms with Crippen molar-refractivity contribution >= 4 is 34.6 Å². The average Bonchev–Trinajstić information content (AvgIpc) is 3.55. The smallest absolute Gasteiger partial charge is 0.408 e. The van der Waals surface area contributed by atoms with Crippen molar-refractivity contribution in [1.29, 1.82) is 0 Å². The molecule has 5 aliphatic rings. The van der Waals surface area contributed by atoms with Crippen LogP contribution >= 0.6 is 0 Å². The van der Waals surface area contributed by atoms with Crippen molar-refractivity contribution in [3.63, 3.8) is 0 Å². The lowest BCUT2D eigenvalue weighted by Gasteiger charge is -2.59. The van der Waals surface area contributed by atoms with Gasteiger partial charge in [-0.25, -0.2) is 10.2 Å². The molecule has 5 fully saturated rings. The number of carboxylic acid groups (broad SMARTS) is 1. The number of aliphatic hydroxyl groups excluding tert-OH is 1. The number of alkyl carbamates (subject to hydrolysis) is 1. The Bertz CT molecular complexity index is 2260. The van der Waals surface area contributed by atoms with Crippen LogP contribution in [0.2, 0.25) is 0 Å². The van der Waals surface area contributed by atoms with Crippen LogP contribution in [0.25, 0.3) is 22.2 Å². The third-order valence-corrected chi connectivity index (χ3v) is 14.2. The lowest BCUT2D eigenvalue weighted by molar-refractivity contribution is -0.212. The normalized spacial score (nSPS) is 23.2. The minimum atomic E-state index is -1.13. The zero-order valence-corrected chi connectivity index (χ0v) is 40.4. The van der Waals surface area contributed by atoms with Gasteiger partial charge < -0.3 is 48.8 Å². The fourth-order valence-electron chi connectivity index (χ4n) is 10.6. The number of hydrogen-bond acceptors (Lipinski definition) is 13. The number of likely N-dealkylation sites (tertiary alicyclic amines) is 2. The van der Waals surface area contributed by atoms with E-state index in [4.69, 9.17) is 23.9 Å². The molecule has 7 heterocycles. The van der Waals surface area contributed by atoms with Gasteiger partial charge in [-0.2, -0.15) is 0 Å². The summed E-state index contributed by atoms with van der Waals surface area (Å²) in [7, 11) is 3.86. The zero-order chi connectivity index (χ0) is 47.3. The van der Waals surface area contributed by atoms with E-state index >= 15 is 0 Å². The van der Waals surface area contributed by atoms with Crippen LogP contribution < -0.4 is 15.6 Å². The van der Waals surface area contributed by atoms with Gasteiger partial charge in [-0.05, 0) is 102 Å². The Morgan fingerprint density at radius 1 is 1.08 bits per heavy atom. The molecule has 2 aromatic heterocycles. The second-order valence-corrected chi connectivity index (χ2v) is 21.3. The van der Waals surface area contributed by atoms with E-state index in [1.54, 1.807) is 27.9 Å². The van der Waals surface area contributed by atoms with E-state index in [9.17, 15) is 24.6 Å². The SMILES string of the molecule is CCn1c(-c2cc(C3CN(C)C3)cnc2[C@H](C)OC)c(CC(C)(C)CO)c2cc(N3CCO[C@@H]([C@H]([C@H](NC(=O)OC(C)(C)C)C(=O)N4CCC[C@@H](C(=O)O)N4)N4CC5(COC5)C4)C3)ccc21. The molecule has 17 nitrogen and oxygen atoms in total. The number of carbonyl (C=O) groups is 3. The Morgan fingerprint density at radius 2 is 1.82 bits per heavy atom. The summed E-state index contributed by atoms with van der Waals surface area (Å²) >= 11 is 0. The summed E-state index contributed by atoms with van der Waals surface area (Å²) in [6, 6.07) is 6.24. The molecule has 5 aliphatic heterocycles. The number of carbonyl (C=O) groups excluding carboxylic acids is 2. The largest absolute Gasteiger partial charge is 0.480 e. The third-order valence-electron chi connectivity index (χ3n) is 14.2. The van der Waals surface area contributed by atoms with Gasteiger partial charge in [-0.3, -0.25) is 24.5 Å². The van der Waals surface area contributed by atoms with Gasteiger partial charge in [0.2, 0.25) is 0 Å². The van der Waals surface area contributed by atoms with E-state index in [1.165, 1.54) is 10.6 Å². The highest BCUT2D eigenvalue weighted by atomic mass is 16.6. The number of amides is 2. The summed E-state index contributed by atoms with van der Waals surface area (Å²) in [6.45, 7) is 20.6. The van der Waals surface area contributed by atoms with Crippen molar-refractivity contribution in [2.75, 3.05) is 91.3 Å². The number of benzene rings is 1. The molecule has 66 heavy (non-hydrogen) atoms. The van der Waals surface area contributed by atoms with Crippen molar-refractivity contribution in [3.8, 4) is 11.3 Å². The van der Waals surface area contributed by atoms with Gasteiger partial charge in [0.05, 0.1) is 49.5 Å². The molecule has 3 aromatic rings. The quantitative estimate of drug-likeness (QED) is 0.168. The fourth-order valence-corrected chi connectivity index (χ4v) is 10.6. The monoisotopic (exact) mass is 917 g/mol. The number of hydrazine groups is 1. The lowest BCUT2D eigenvalue weighted by atomic mass is 9.75. The second-order valence-electron chi connectivity index (χ2n) is 21.3. The number of nitrogens with one attached hydrogen (secondary N) is 2. The number of pyridine rings is 1. The molecule has 4 N–H and O–H groups in total. The fraction of sp³-hybridized carbons (Fsp3) is 0.673. The number of aliphatic carboxylic acids is 1. The molecule has 5 atom stereocenters. The third kappa shape index (κ3) is 9.80. The summed E-state index contributed by atoms with van der Waals surface area (Å²) in [5, 5.41) is 26.0. The predicted molar refractivity (Wildman–Crippen MR) is 250 cm³/mol. The molecule has 1 aromatic carbocycles. The number of fused-ring (bicyclic) bond motifs is 1. The number of ether oxygens (including phenoxy) is 4. The van der Waals surface area contributed by atoms with Gasteiger partial charge in [0.25, 0.3) is 5.91 Å². The van der Waals surface area contributed by atoms with E-state index in [0.717, 1.165) is 52.2 Å². The van der Waals surface area contributed by atoms with E-state index in [1.807, 2.05) is 13.1 Å². The van der Waals surface area contributed by atoms with Crippen LogP contribution in [0.1, 0.15) is 90.2 Å². The molecule has 17 heteroatoms. The van der Waals surface area contributed by atoms with Crippen LogP contribution in [0.15, 0.2) is 30.5 Å². The van der Waals surface area contributed by atoms with Crippen molar-refractivity contribution < 1.29 is 43.5 Å². The highest BCUT2D eigenvalue weighted by Gasteiger charge is 2.56. The number of aliphatic hydroxyl groups is 1. The highest BCUT2D eigenvalue weighted by molar-refractivity contribution is 5.95. The topological polar surface area (TPSA) is 183 Å². The van der Waals surface area contributed by atoms with Crippen LogP contribution in [0.5, 0.6) is 0 Å². The molecule has 0 saturated carbocycles. The van der Waals surface area contributed by atoms with Gasteiger partial charge in [0, 0.05) is 106 Å². The van der Waals surface area contributed by atoms with Crippen molar-refractivity contribution in [3.05, 3.63) is 47.3 Å². The first-order chi connectivity index (χ1) is 31.3. The number of hydrogen-bond donors (Lipinski definition) is 4. The average molecular weight is 917 g/mol. The van der Waals surface area contributed by atoms with E-state index in [2.05, 4.69) is 82.1 Å². The standard InChI is InChI=1S/C49H72N8O9/c1-10-56-38-14-13-33(19-34(38)36(20-48(6,7)27-58)42(56)35-18-31(32-22-53(8)23-32)21-50-40(35)30(2)63-9)54-16-17-65-39(24-54)43(55-25-49(26-55)28-64-29-49)41(51-46(62)66-47(3,4)5)44(59)57-15-11-12-37(52-57)45(60)61/h13-14,18-19,21,30,32,37,39,41,43,52,58H,10-12,15-17,20,22-29H2,1-9H3,(H,51,62)(H,60,61)/t30-,37-,39+,41-,43+/m0/s1. The highest BCUT2D eigenvalue weighted by Crippen LogP contribution is 2.44. The molecule has 1 spiro atoms. The van der Waals surface area contributed by atoms with E-state index < -0.39 is 53.2 Å². The van der Waals surface area contributed by atoms with E-state index in [0.29, 0.717) is 77.7 Å². The number of morpholine rings is 1. The number of methoxy groups -OCH3 is 1.